The molecule has 1 aliphatic carbocycles. The van der Waals surface area contributed by atoms with Gasteiger partial charge in [-0.3, -0.25) is 0 Å². The van der Waals surface area contributed by atoms with Gasteiger partial charge in [-0.15, -0.1) is 0 Å². The molecule has 0 fully saturated rings. The summed E-state index contributed by atoms with van der Waals surface area (Å²) in [6.45, 7) is 7.44. The van der Waals surface area contributed by atoms with Gasteiger partial charge in [0, 0.05) is 24.7 Å². The van der Waals surface area contributed by atoms with Crippen LogP contribution < -0.4 is 5.32 Å². The molecule has 146 valence electrons. The van der Waals surface area contributed by atoms with Crippen molar-refractivity contribution in [3.63, 3.8) is 0 Å². The number of fused-ring (bicyclic) bond motifs is 1. The Morgan fingerprint density at radius 1 is 1.11 bits per heavy atom. The van der Waals surface area contributed by atoms with E-state index in [0.29, 0.717) is 12.2 Å². The zero-order valence-electron chi connectivity index (χ0n) is 16.1. The molecule has 1 aromatic heterocycles. The third-order valence-electron chi connectivity index (χ3n) is 4.84. The molecule has 2 N–H and O–H groups in total. The van der Waals surface area contributed by atoms with Crippen LogP contribution in [0.4, 0.5) is 5.82 Å². The fraction of sp³-hybridized carbons (Fsp3) is 0.450. The predicted molar refractivity (Wildman–Crippen MR) is 106 cm³/mol. The molecule has 0 aliphatic heterocycles. The first-order chi connectivity index (χ1) is 12.7. The SMILES string of the molecule is CC(C)N(C(C)C)S(=O)(=O)c1ccc(N[C@H]2c3ccccc3C[C@H]2O)nc1. The smallest absolute Gasteiger partial charge is 0.245 e. The normalized spacial score (nSPS) is 19.7. The zero-order valence-corrected chi connectivity index (χ0v) is 16.9. The van der Waals surface area contributed by atoms with E-state index in [0.717, 1.165) is 11.1 Å². The van der Waals surface area contributed by atoms with Crippen LogP contribution in [0.1, 0.15) is 44.9 Å². The Morgan fingerprint density at radius 2 is 1.78 bits per heavy atom. The molecular weight excluding hydrogens is 362 g/mol. The predicted octanol–water partition coefficient (Wildman–Crippen LogP) is 2.96. The Kier molecular flexibility index (Phi) is 5.55. The maximum atomic E-state index is 12.9. The van der Waals surface area contributed by atoms with Crippen molar-refractivity contribution in [1.82, 2.24) is 9.29 Å². The number of nitrogens with zero attached hydrogens (tertiary/aromatic N) is 2. The minimum atomic E-state index is -3.61. The van der Waals surface area contributed by atoms with Gasteiger partial charge in [0.25, 0.3) is 0 Å². The first-order valence-corrected chi connectivity index (χ1v) is 10.7. The lowest BCUT2D eigenvalue weighted by atomic mass is 10.1. The molecule has 27 heavy (non-hydrogen) atoms. The van der Waals surface area contributed by atoms with E-state index in [-0.39, 0.29) is 23.0 Å². The third kappa shape index (κ3) is 3.85. The summed E-state index contributed by atoms with van der Waals surface area (Å²) < 4.78 is 27.3. The van der Waals surface area contributed by atoms with Crippen LogP contribution in [0.15, 0.2) is 47.5 Å². The summed E-state index contributed by atoms with van der Waals surface area (Å²) in [5.41, 5.74) is 2.17. The van der Waals surface area contributed by atoms with Crippen LogP contribution in [0.5, 0.6) is 0 Å². The van der Waals surface area contributed by atoms with Gasteiger partial charge in [0.05, 0.1) is 12.1 Å². The number of pyridine rings is 1. The van der Waals surface area contributed by atoms with Crippen molar-refractivity contribution in [2.75, 3.05) is 5.32 Å². The number of nitrogens with one attached hydrogen (secondary N) is 1. The molecular formula is C20H27N3O3S. The van der Waals surface area contributed by atoms with E-state index >= 15 is 0 Å². The maximum absolute atomic E-state index is 12.9. The van der Waals surface area contributed by atoms with Gasteiger partial charge < -0.3 is 10.4 Å². The summed E-state index contributed by atoms with van der Waals surface area (Å²) in [6.07, 6.45) is 1.44. The van der Waals surface area contributed by atoms with E-state index < -0.39 is 16.1 Å². The van der Waals surface area contributed by atoms with Crippen molar-refractivity contribution >= 4 is 15.8 Å². The quantitative estimate of drug-likeness (QED) is 0.794. The highest BCUT2D eigenvalue weighted by Crippen LogP contribution is 2.33. The van der Waals surface area contributed by atoms with Gasteiger partial charge in [-0.1, -0.05) is 24.3 Å². The average Bonchev–Trinajstić information content (AvgIpc) is 2.90. The molecule has 0 bridgehead atoms. The zero-order chi connectivity index (χ0) is 19.8. The monoisotopic (exact) mass is 389 g/mol. The number of hydrogen-bond donors (Lipinski definition) is 2. The number of benzene rings is 1. The number of hydrogen-bond acceptors (Lipinski definition) is 5. The second-order valence-corrected chi connectivity index (χ2v) is 9.34. The highest BCUT2D eigenvalue weighted by Gasteiger charge is 2.32. The summed E-state index contributed by atoms with van der Waals surface area (Å²) in [5, 5.41) is 13.6. The Morgan fingerprint density at radius 3 is 2.37 bits per heavy atom. The molecule has 0 saturated heterocycles. The van der Waals surface area contributed by atoms with Crippen molar-refractivity contribution < 1.29 is 13.5 Å². The highest BCUT2D eigenvalue weighted by molar-refractivity contribution is 7.89. The fourth-order valence-electron chi connectivity index (χ4n) is 3.80. The van der Waals surface area contributed by atoms with Crippen molar-refractivity contribution in [2.24, 2.45) is 0 Å². The van der Waals surface area contributed by atoms with Crippen molar-refractivity contribution in [2.45, 2.75) is 63.2 Å². The van der Waals surface area contributed by atoms with E-state index in [4.69, 9.17) is 0 Å². The Hall–Kier alpha value is -1.96. The standard InChI is InChI=1S/C20H27N3O3S/c1-13(2)23(14(3)4)27(25,26)16-9-10-19(21-12-16)22-20-17-8-6-5-7-15(17)11-18(20)24/h5-10,12-14,18,20,24H,11H2,1-4H3,(H,21,22)/t18-,20+/m1/s1. The molecule has 0 spiro atoms. The fourth-order valence-corrected chi connectivity index (χ4v) is 5.58. The molecule has 0 amide bonds. The van der Waals surface area contributed by atoms with Crippen LogP contribution in [-0.2, 0) is 16.4 Å². The molecule has 0 unspecified atom stereocenters. The lowest BCUT2D eigenvalue weighted by molar-refractivity contribution is 0.165. The third-order valence-corrected chi connectivity index (χ3v) is 7.07. The van der Waals surface area contributed by atoms with Crippen molar-refractivity contribution in [3.05, 3.63) is 53.7 Å². The summed E-state index contributed by atoms with van der Waals surface area (Å²) in [5.74, 6) is 0.537. The average molecular weight is 390 g/mol. The molecule has 0 radical (unpaired) electrons. The highest BCUT2D eigenvalue weighted by atomic mass is 32.2. The first-order valence-electron chi connectivity index (χ1n) is 9.24. The van der Waals surface area contributed by atoms with Crippen LogP contribution in [-0.4, -0.2) is 41.0 Å². The summed E-state index contributed by atoms with van der Waals surface area (Å²) in [4.78, 5) is 4.46. The van der Waals surface area contributed by atoms with E-state index in [9.17, 15) is 13.5 Å². The van der Waals surface area contributed by atoms with E-state index in [1.54, 1.807) is 12.1 Å². The number of anilines is 1. The molecule has 6 nitrogen and oxygen atoms in total. The van der Waals surface area contributed by atoms with Gasteiger partial charge >= 0.3 is 0 Å². The van der Waals surface area contributed by atoms with Gasteiger partial charge in [-0.05, 0) is 51.0 Å². The molecule has 0 saturated carbocycles. The number of aliphatic hydroxyl groups is 1. The second kappa shape index (κ2) is 7.58. The lowest BCUT2D eigenvalue weighted by Gasteiger charge is -2.29. The molecule has 7 heteroatoms. The molecule has 3 rings (SSSR count). The molecule has 1 heterocycles. The summed E-state index contributed by atoms with van der Waals surface area (Å²) >= 11 is 0. The second-order valence-electron chi connectivity index (χ2n) is 7.49. The number of rotatable bonds is 6. The molecule has 1 aromatic carbocycles. The number of sulfonamides is 1. The first kappa shape index (κ1) is 19.8. The van der Waals surface area contributed by atoms with Crippen molar-refractivity contribution in [3.8, 4) is 0 Å². The van der Waals surface area contributed by atoms with E-state index in [1.165, 1.54) is 10.5 Å². The Balaban J connectivity index is 1.82. The minimum Gasteiger partial charge on any atom is -0.390 e. The van der Waals surface area contributed by atoms with Gasteiger partial charge in [-0.2, -0.15) is 4.31 Å². The van der Waals surface area contributed by atoms with Crippen molar-refractivity contribution in [1.29, 1.82) is 0 Å². The van der Waals surface area contributed by atoms with Crippen LogP contribution in [0, 0.1) is 0 Å². The molecule has 1 aliphatic rings. The largest absolute Gasteiger partial charge is 0.390 e. The topological polar surface area (TPSA) is 82.5 Å². The van der Waals surface area contributed by atoms with Gasteiger partial charge in [0.1, 0.15) is 10.7 Å². The van der Waals surface area contributed by atoms with Crippen LogP contribution >= 0.6 is 0 Å². The summed E-state index contributed by atoms with van der Waals surface area (Å²) in [7, 11) is -3.61. The lowest BCUT2D eigenvalue weighted by Crippen LogP contribution is -2.41. The Labute approximate surface area is 161 Å². The van der Waals surface area contributed by atoms with Gasteiger partial charge in [0.2, 0.25) is 10.0 Å². The van der Waals surface area contributed by atoms with E-state index in [1.807, 2.05) is 52.0 Å². The van der Waals surface area contributed by atoms with Crippen LogP contribution in [0.25, 0.3) is 0 Å². The molecule has 2 aromatic rings. The molecule has 2 atom stereocenters. The maximum Gasteiger partial charge on any atom is 0.245 e. The van der Waals surface area contributed by atoms with Crippen LogP contribution in [0.2, 0.25) is 0 Å². The Bertz CT molecular complexity index is 887. The van der Waals surface area contributed by atoms with Gasteiger partial charge in [-0.25, -0.2) is 13.4 Å². The summed E-state index contributed by atoms with van der Waals surface area (Å²) in [6, 6.07) is 10.6. The number of aliphatic hydroxyl groups excluding tert-OH is 1. The number of aromatic nitrogens is 1. The van der Waals surface area contributed by atoms with Crippen LogP contribution in [0.3, 0.4) is 0 Å². The van der Waals surface area contributed by atoms with E-state index in [2.05, 4.69) is 10.3 Å². The minimum absolute atomic E-state index is 0.141. The van der Waals surface area contributed by atoms with Gasteiger partial charge in [0.15, 0.2) is 0 Å².